The highest BCUT2D eigenvalue weighted by molar-refractivity contribution is 5.88. The van der Waals surface area contributed by atoms with Crippen molar-refractivity contribution in [2.24, 2.45) is 0 Å². The molecule has 1 amide bonds. The maximum atomic E-state index is 11.5. The van der Waals surface area contributed by atoms with Gasteiger partial charge in [-0.05, 0) is 12.8 Å². The molecular formula is C10H16N2O4. The number of hydrogen-bond donors (Lipinski definition) is 3. The Morgan fingerprint density at radius 3 is 2.69 bits per heavy atom. The van der Waals surface area contributed by atoms with Gasteiger partial charge < -0.3 is 20.5 Å². The van der Waals surface area contributed by atoms with Gasteiger partial charge in [0.1, 0.15) is 0 Å². The van der Waals surface area contributed by atoms with Crippen LogP contribution in [0.25, 0.3) is 0 Å². The van der Waals surface area contributed by atoms with Gasteiger partial charge in [0.15, 0.2) is 5.54 Å². The molecular weight excluding hydrogens is 212 g/mol. The van der Waals surface area contributed by atoms with E-state index in [0.717, 1.165) is 12.8 Å². The molecule has 0 aromatic carbocycles. The van der Waals surface area contributed by atoms with Crippen LogP contribution in [0.2, 0.25) is 0 Å². The zero-order valence-corrected chi connectivity index (χ0v) is 8.99. The number of rotatable bonds is 5. The molecule has 1 saturated heterocycles. The van der Waals surface area contributed by atoms with Crippen molar-refractivity contribution < 1.29 is 19.4 Å². The third kappa shape index (κ3) is 2.51. The number of hydrogen-bond acceptors (Lipinski definition) is 4. The first-order valence-electron chi connectivity index (χ1n) is 5.48. The van der Waals surface area contributed by atoms with Crippen LogP contribution in [0, 0.1) is 0 Å². The summed E-state index contributed by atoms with van der Waals surface area (Å²) in [6, 6.07) is 0.436. The summed E-state index contributed by atoms with van der Waals surface area (Å²) < 4.78 is 5.04. The van der Waals surface area contributed by atoms with Crippen molar-refractivity contribution in [3.63, 3.8) is 0 Å². The molecule has 1 heterocycles. The molecule has 0 spiro atoms. The molecule has 1 saturated carbocycles. The first-order chi connectivity index (χ1) is 7.62. The molecule has 3 N–H and O–H groups in total. The topological polar surface area (TPSA) is 87.7 Å². The van der Waals surface area contributed by atoms with E-state index < -0.39 is 11.5 Å². The molecule has 0 bridgehead atoms. The van der Waals surface area contributed by atoms with Crippen molar-refractivity contribution >= 4 is 11.9 Å². The quantitative estimate of drug-likeness (QED) is 0.567. The first kappa shape index (κ1) is 11.3. The van der Waals surface area contributed by atoms with Crippen molar-refractivity contribution in [1.82, 2.24) is 10.6 Å². The third-order valence-corrected chi connectivity index (χ3v) is 2.94. The van der Waals surface area contributed by atoms with E-state index in [-0.39, 0.29) is 19.1 Å². The number of ether oxygens (including phenoxy) is 1. The van der Waals surface area contributed by atoms with Crippen molar-refractivity contribution in [2.45, 2.75) is 30.8 Å². The standard InChI is InChI=1S/C10H16N2O4/c13-8(5-11-7-1-2-7)12-10(9(14)15)3-4-16-6-10/h7,11H,1-6H2,(H,12,13)(H,14,15). The summed E-state index contributed by atoms with van der Waals surface area (Å²) in [7, 11) is 0. The molecule has 6 heteroatoms. The summed E-state index contributed by atoms with van der Waals surface area (Å²) >= 11 is 0. The monoisotopic (exact) mass is 228 g/mol. The first-order valence-corrected chi connectivity index (χ1v) is 5.48. The Labute approximate surface area is 93.3 Å². The molecule has 0 aromatic heterocycles. The molecule has 16 heavy (non-hydrogen) atoms. The van der Waals surface area contributed by atoms with Crippen LogP contribution in [-0.2, 0) is 14.3 Å². The lowest BCUT2D eigenvalue weighted by molar-refractivity contribution is -0.147. The molecule has 0 aromatic rings. The number of aliphatic carboxylic acids is 1. The van der Waals surface area contributed by atoms with Crippen molar-refractivity contribution in [2.75, 3.05) is 19.8 Å². The van der Waals surface area contributed by atoms with Gasteiger partial charge in [0.05, 0.1) is 13.2 Å². The van der Waals surface area contributed by atoms with E-state index in [0.29, 0.717) is 19.1 Å². The number of carboxylic acids is 1. The zero-order chi connectivity index (χ0) is 11.6. The van der Waals surface area contributed by atoms with E-state index in [1.54, 1.807) is 0 Å². The van der Waals surface area contributed by atoms with E-state index >= 15 is 0 Å². The maximum Gasteiger partial charge on any atom is 0.331 e. The highest BCUT2D eigenvalue weighted by atomic mass is 16.5. The second kappa shape index (κ2) is 4.39. The normalized spacial score (nSPS) is 29.0. The van der Waals surface area contributed by atoms with Gasteiger partial charge in [-0.3, -0.25) is 4.79 Å². The summed E-state index contributed by atoms with van der Waals surface area (Å²) in [5.41, 5.74) is -1.22. The fraction of sp³-hybridized carbons (Fsp3) is 0.800. The average Bonchev–Trinajstić information content (AvgIpc) is 2.95. The Kier molecular flexibility index (Phi) is 3.11. The molecule has 1 atom stereocenters. The molecule has 2 fully saturated rings. The second-order valence-electron chi connectivity index (χ2n) is 4.39. The lowest BCUT2D eigenvalue weighted by Crippen LogP contribution is -2.56. The van der Waals surface area contributed by atoms with Gasteiger partial charge in [-0.15, -0.1) is 0 Å². The Hall–Kier alpha value is -1.14. The van der Waals surface area contributed by atoms with Crippen molar-refractivity contribution in [3.05, 3.63) is 0 Å². The largest absolute Gasteiger partial charge is 0.479 e. The van der Waals surface area contributed by atoms with Crippen LogP contribution in [0.5, 0.6) is 0 Å². The van der Waals surface area contributed by atoms with Gasteiger partial charge in [0.25, 0.3) is 0 Å². The van der Waals surface area contributed by atoms with Crippen LogP contribution in [0.15, 0.2) is 0 Å². The number of carboxylic acid groups (broad SMARTS) is 1. The Balaban J connectivity index is 1.84. The van der Waals surface area contributed by atoms with Gasteiger partial charge in [-0.1, -0.05) is 0 Å². The van der Waals surface area contributed by atoms with Crippen LogP contribution in [-0.4, -0.2) is 48.3 Å². The number of carbonyl (C=O) groups excluding carboxylic acids is 1. The lowest BCUT2D eigenvalue weighted by Gasteiger charge is -2.23. The average molecular weight is 228 g/mol. The number of amides is 1. The van der Waals surface area contributed by atoms with Crippen LogP contribution < -0.4 is 10.6 Å². The van der Waals surface area contributed by atoms with E-state index in [9.17, 15) is 9.59 Å². The molecule has 2 aliphatic rings. The highest BCUT2D eigenvalue weighted by Gasteiger charge is 2.43. The van der Waals surface area contributed by atoms with Gasteiger partial charge >= 0.3 is 5.97 Å². The minimum atomic E-state index is -1.22. The van der Waals surface area contributed by atoms with E-state index in [4.69, 9.17) is 9.84 Å². The summed E-state index contributed by atoms with van der Waals surface area (Å²) in [6.07, 6.45) is 2.53. The summed E-state index contributed by atoms with van der Waals surface area (Å²) in [6.45, 7) is 0.611. The molecule has 1 unspecified atom stereocenters. The molecule has 90 valence electrons. The Bertz CT molecular complexity index is 295. The molecule has 1 aliphatic carbocycles. The predicted molar refractivity (Wildman–Crippen MR) is 55.0 cm³/mol. The zero-order valence-electron chi connectivity index (χ0n) is 8.99. The lowest BCUT2D eigenvalue weighted by atomic mass is 9.99. The summed E-state index contributed by atoms with van der Waals surface area (Å²) in [5, 5.41) is 14.7. The molecule has 1 aliphatic heterocycles. The van der Waals surface area contributed by atoms with Crippen LogP contribution in [0.3, 0.4) is 0 Å². The number of nitrogens with one attached hydrogen (secondary N) is 2. The Morgan fingerprint density at radius 2 is 2.19 bits per heavy atom. The highest BCUT2D eigenvalue weighted by Crippen LogP contribution is 2.20. The van der Waals surface area contributed by atoms with E-state index in [2.05, 4.69) is 10.6 Å². The van der Waals surface area contributed by atoms with Gasteiger partial charge in [0, 0.05) is 19.1 Å². The molecule has 2 rings (SSSR count). The fourth-order valence-corrected chi connectivity index (χ4v) is 1.72. The van der Waals surface area contributed by atoms with Gasteiger partial charge in [-0.2, -0.15) is 0 Å². The predicted octanol–water partition coefficient (Wildman–Crippen LogP) is -0.902. The third-order valence-electron chi connectivity index (χ3n) is 2.94. The second-order valence-corrected chi connectivity index (χ2v) is 4.39. The minimum Gasteiger partial charge on any atom is -0.479 e. The van der Waals surface area contributed by atoms with E-state index in [1.165, 1.54) is 0 Å². The van der Waals surface area contributed by atoms with Gasteiger partial charge in [0.2, 0.25) is 5.91 Å². The number of carbonyl (C=O) groups is 2. The van der Waals surface area contributed by atoms with Crippen molar-refractivity contribution in [1.29, 1.82) is 0 Å². The minimum absolute atomic E-state index is 0.0531. The van der Waals surface area contributed by atoms with Crippen LogP contribution in [0.1, 0.15) is 19.3 Å². The van der Waals surface area contributed by atoms with Crippen LogP contribution >= 0.6 is 0 Å². The molecule has 6 nitrogen and oxygen atoms in total. The summed E-state index contributed by atoms with van der Waals surface area (Å²) in [5.74, 6) is -1.30. The van der Waals surface area contributed by atoms with Crippen LogP contribution in [0.4, 0.5) is 0 Å². The molecule has 0 radical (unpaired) electrons. The van der Waals surface area contributed by atoms with E-state index in [1.807, 2.05) is 0 Å². The van der Waals surface area contributed by atoms with Crippen molar-refractivity contribution in [3.8, 4) is 0 Å². The Morgan fingerprint density at radius 1 is 1.44 bits per heavy atom. The maximum absolute atomic E-state index is 11.5. The smallest absolute Gasteiger partial charge is 0.331 e. The fourth-order valence-electron chi connectivity index (χ4n) is 1.72. The van der Waals surface area contributed by atoms with Gasteiger partial charge in [-0.25, -0.2) is 4.79 Å². The summed E-state index contributed by atoms with van der Waals surface area (Å²) in [4.78, 5) is 22.6. The SMILES string of the molecule is O=C(CNC1CC1)NC1(C(=O)O)CCOC1.